The zero-order valence-corrected chi connectivity index (χ0v) is 17.1. The van der Waals surface area contributed by atoms with Crippen LogP contribution >= 0.6 is 0 Å². The van der Waals surface area contributed by atoms with Crippen molar-refractivity contribution >= 4 is 11.5 Å². The van der Waals surface area contributed by atoms with Gasteiger partial charge in [-0.15, -0.1) is 0 Å². The lowest BCUT2D eigenvalue weighted by Gasteiger charge is -2.39. The maximum Gasteiger partial charge on any atom is 0.133 e. The van der Waals surface area contributed by atoms with E-state index in [4.69, 9.17) is 4.98 Å². The van der Waals surface area contributed by atoms with Crippen molar-refractivity contribution < 1.29 is 0 Å². The predicted octanol–water partition coefficient (Wildman–Crippen LogP) is 6.79. The number of aryl methyl sites for hydroxylation is 1. The van der Waals surface area contributed by atoms with Crippen molar-refractivity contribution in [3.63, 3.8) is 0 Å². The topological polar surface area (TPSA) is 16.1 Å². The second kappa shape index (κ2) is 7.59. The molecular formula is C23H34N2. The van der Waals surface area contributed by atoms with Crippen molar-refractivity contribution in [2.45, 2.75) is 78.7 Å². The molecule has 2 rings (SSSR count). The lowest BCUT2D eigenvalue weighted by Crippen LogP contribution is -2.40. The molecule has 1 aromatic carbocycles. The van der Waals surface area contributed by atoms with Crippen LogP contribution in [-0.2, 0) is 5.41 Å². The molecule has 0 fully saturated rings. The van der Waals surface area contributed by atoms with Crippen LogP contribution in [0.25, 0.3) is 0 Å². The van der Waals surface area contributed by atoms with Gasteiger partial charge in [0.05, 0.1) is 0 Å². The van der Waals surface area contributed by atoms with Crippen molar-refractivity contribution in [3.8, 4) is 0 Å². The fourth-order valence-corrected chi connectivity index (χ4v) is 3.33. The summed E-state index contributed by atoms with van der Waals surface area (Å²) in [5, 5.41) is 0. The van der Waals surface area contributed by atoms with Gasteiger partial charge in [0.25, 0.3) is 0 Å². The summed E-state index contributed by atoms with van der Waals surface area (Å²) in [6.45, 7) is 15.8. The lowest BCUT2D eigenvalue weighted by molar-refractivity contribution is 0.469. The molecule has 0 spiro atoms. The summed E-state index contributed by atoms with van der Waals surface area (Å²) in [5.41, 5.74) is 3.97. The number of benzene rings is 1. The van der Waals surface area contributed by atoms with Crippen molar-refractivity contribution in [3.05, 3.63) is 53.7 Å². The highest BCUT2D eigenvalue weighted by Crippen LogP contribution is 2.35. The van der Waals surface area contributed by atoms with Crippen LogP contribution in [0.3, 0.4) is 0 Å². The third kappa shape index (κ3) is 4.42. The minimum atomic E-state index is 0.00269. The molecule has 0 atom stereocenters. The fraction of sp³-hybridized carbons (Fsp3) is 0.522. The van der Waals surface area contributed by atoms with E-state index >= 15 is 0 Å². The highest BCUT2D eigenvalue weighted by molar-refractivity contribution is 5.63. The maximum atomic E-state index is 4.87. The molecule has 0 aliphatic rings. The van der Waals surface area contributed by atoms with Crippen molar-refractivity contribution in [1.29, 1.82) is 0 Å². The van der Waals surface area contributed by atoms with Crippen molar-refractivity contribution in [2.24, 2.45) is 0 Å². The summed E-state index contributed by atoms with van der Waals surface area (Å²) in [5.74, 6) is 1.02. The van der Waals surface area contributed by atoms with Gasteiger partial charge in [-0.25, -0.2) is 4.98 Å². The van der Waals surface area contributed by atoms with Crippen LogP contribution in [-0.4, -0.2) is 10.5 Å². The Kier molecular flexibility index (Phi) is 5.92. The first kappa shape index (κ1) is 19.5. The Labute approximate surface area is 154 Å². The molecule has 2 aromatic rings. The molecule has 0 saturated carbocycles. The molecule has 0 aliphatic carbocycles. The van der Waals surface area contributed by atoms with Crippen LogP contribution in [0.4, 0.5) is 11.5 Å². The molecule has 0 amide bonds. The van der Waals surface area contributed by atoms with Crippen LogP contribution in [0.2, 0.25) is 0 Å². The molecule has 2 nitrogen and oxygen atoms in total. The Balaban J connectivity index is 2.43. The number of rotatable bonds is 7. The van der Waals surface area contributed by atoms with E-state index in [0.29, 0.717) is 0 Å². The van der Waals surface area contributed by atoms with Gasteiger partial charge in [-0.05, 0) is 62.8 Å². The standard InChI is InChI=1S/C23H34N2/c1-8-16-22(4,5)19-12-15-21(24-17-19)25(23(6,7)9-2)20-13-10-18(3)11-14-20/h10-15,17H,8-9,16H2,1-7H3. The number of aromatic nitrogens is 1. The molecule has 1 heterocycles. The highest BCUT2D eigenvalue weighted by atomic mass is 15.2. The van der Waals surface area contributed by atoms with E-state index < -0.39 is 0 Å². The van der Waals surface area contributed by atoms with Gasteiger partial charge in [0.1, 0.15) is 5.82 Å². The minimum absolute atomic E-state index is 0.00269. The van der Waals surface area contributed by atoms with E-state index in [2.05, 4.69) is 96.0 Å². The first-order valence-corrected chi connectivity index (χ1v) is 9.54. The summed E-state index contributed by atoms with van der Waals surface area (Å²) in [4.78, 5) is 7.23. The molecular weight excluding hydrogens is 304 g/mol. The summed E-state index contributed by atoms with van der Waals surface area (Å²) in [7, 11) is 0. The largest absolute Gasteiger partial charge is 0.321 e. The number of hydrogen-bond acceptors (Lipinski definition) is 2. The average molecular weight is 339 g/mol. The molecule has 1 aromatic heterocycles. The van der Waals surface area contributed by atoms with Crippen molar-refractivity contribution in [2.75, 3.05) is 4.90 Å². The average Bonchev–Trinajstić information content (AvgIpc) is 2.57. The van der Waals surface area contributed by atoms with Gasteiger partial charge in [0.2, 0.25) is 0 Å². The summed E-state index contributed by atoms with van der Waals surface area (Å²) in [6, 6.07) is 13.2. The zero-order chi connectivity index (χ0) is 18.7. The van der Waals surface area contributed by atoms with E-state index in [-0.39, 0.29) is 11.0 Å². The lowest BCUT2D eigenvalue weighted by atomic mass is 9.81. The van der Waals surface area contributed by atoms with Crippen LogP contribution in [0, 0.1) is 6.92 Å². The number of pyridine rings is 1. The molecule has 0 saturated heterocycles. The van der Waals surface area contributed by atoms with E-state index in [1.807, 2.05) is 0 Å². The highest BCUT2D eigenvalue weighted by Gasteiger charge is 2.28. The monoisotopic (exact) mass is 338 g/mol. The van der Waals surface area contributed by atoms with E-state index in [0.717, 1.165) is 12.2 Å². The van der Waals surface area contributed by atoms with Crippen molar-refractivity contribution in [1.82, 2.24) is 4.98 Å². The molecule has 0 N–H and O–H groups in total. The molecule has 136 valence electrons. The Morgan fingerprint density at radius 2 is 1.56 bits per heavy atom. The molecule has 0 unspecified atom stereocenters. The van der Waals surface area contributed by atoms with Crippen LogP contribution in [0.5, 0.6) is 0 Å². The third-order valence-corrected chi connectivity index (χ3v) is 5.40. The zero-order valence-electron chi connectivity index (χ0n) is 17.1. The van der Waals surface area contributed by atoms with Gasteiger partial charge in [-0.2, -0.15) is 0 Å². The Morgan fingerprint density at radius 3 is 2.04 bits per heavy atom. The molecule has 0 aliphatic heterocycles. The van der Waals surface area contributed by atoms with Gasteiger partial charge < -0.3 is 4.90 Å². The van der Waals surface area contributed by atoms with E-state index in [1.54, 1.807) is 0 Å². The van der Waals surface area contributed by atoms with Gasteiger partial charge in [-0.1, -0.05) is 57.9 Å². The smallest absolute Gasteiger partial charge is 0.133 e. The SMILES string of the molecule is CCCC(C)(C)c1ccc(N(c2ccc(C)cc2)C(C)(C)CC)nc1. The molecule has 2 heteroatoms. The molecule has 0 radical (unpaired) electrons. The quantitative estimate of drug-likeness (QED) is 0.552. The Hall–Kier alpha value is -1.83. The third-order valence-electron chi connectivity index (χ3n) is 5.40. The Morgan fingerprint density at radius 1 is 0.920 bits per heavy atom. The summed E-state index contributed by atoms with van der Waals surface area (Å²) >= 11 is 0. The second-order valence-corrected chi connectivity index (χ2v) is 8.38. The van der Waals surface area contributed by atoms with E-state index in [1.165, 1.54) is 29.7 Å². The van der Waals surface area contributed by atoms with Gasteiger partial charge in [-0.3, -0.25) is 0 Å². The number of anilines is 2. The summed E-state index contributed by atoms with van der Waals surface area (Å²) < 4.78 is 0. The number of nitrogens with zero attached hydrogens (tertiary/aromatic N) is 2. The minimum Gasteiger partial charge on any atom is -0.321 e. The van der Waals surface area contributed by atoms with E-state index in [9.17, 15) is 0 Å². The van der Waals surface area contributed by atoms with Crippen LogP contribution < -0.4 is 4.90 Å². The first-order valence-electron chi connectivity index (χ1n) is 9.54. The van der Waals surface area contributed by atoms with Crippen LogP contribution in [0.1, 0.15) is 71.9 Å². The summed E-state index contributed by atoms with van der Waals surface area (Å²) in [6.07, 6.45) is 5.48. The molecule has 0 bridgehead atoms. The van der Waals surface area contributed by atoms with Gasteiger partial charge >= 0.3 is 0 Å². The van der Waals surface area contributed by atoms with Gasteiger partial charge in [0, 0.05) is 17.4 Å². The Bertz CT molecular complexity index is 666. The maximum absolute atomic E-state index is 4.87. The van der Waals surface area contributed by atoms with Crippen LogP contribution in [0.15, 0.2) is 42.6 Å². The normalized spacial score (nSPS) is 12.3. The first-order chi connectivity index (χ1) is 11.7. The van der Waals surface area contributed by atoms with Gasteiger partial charge in [0.15, 0.2) is 0 Å². The predicted molar refractivity (Wildman–Crippen MR) is 110 cm³/mol. The second-order valence-electron chi connectivity index (χ2n) is 8.38. The fourth-order valence-electron chi connectivity index (χ4n) is 3.33. The molecule has 25 heavy (non-hydrogen) atoms. The number of hydrogen-bond donors (Lipinski definition) is 0.